The number of methoxy groups -OCH3 is 1. The van der Waals surface area contributed by atoms with Gasteiger partial charge >= 0.3 is 0 Å². The maximum atomic E-state index is 14.0. The number of benzene rings is 4. The smallest absolute Gasteiger partial charge is 0.255 e. The van der Waals surface area contributed by atoms with Gasteiger partial charge in [0.15, 0.2) is 5.13 Å². The Morgan fingerprint density at radius 1 is 0.884 bits per heavy atom. The fraction of sp³-hybridized carbons (Fsp3) is 0.194. The number of aryl methyl sites for hydroxylation is 1. The molecule has 4 aromatic carbocycles. The number of thiazole rings is 1. The van der Waals surface area contributed by atoms with E-state index in [0.29, 0.717) is 27.8 Å². The number of carbonyl (C=O) groups is 2. The normalized spacial score (nSPS) is 19.7. The van der Waals surface area contributed by atoms with Crippen LogP contribution in [-0.2, 0) is 4.79 Å². The number of hydrogen-bond acceptors (Lipinski definition) is 5. The van der Waals surface area contributed by atoms with Crippen LogP contribution >= 0.6 is 11.3 Å². The fourth-order valence-electron chi connectivity index (χ4n) is 6.81. The summed E-state index contributed by atoms with van der Waals surface area (Å²) in [6.45, 7) is 4.04. The van der Waals surface area contributed by atoms with E-state index >= 15 is 0 Å². The van der Waals surface area contributed by atoms with Crippen molar-refractivity contribution in [2.24, 2.45) is 5.41 Å². The first kappa shape index (κ1) is 27.1. The van der Waals surface area contributed by atoms with Crippen LogP contribution in [0.25, 0.3) is 11.3 Å². The van der Waals surface area contributed by atoms with Crippen LogP contribution < -0.4 is 15.4 Å². The molecular formula is C36H31N3O3S. The monoisotopic (exact) mass is 585 g/mol. The lowest BCUT2D eigenvalue weighted by atomic mass is 9.52. The third-order valence-corrected chi connectivity index (χ3v) is 9.72. The van der Waals surface area contributed by atoms with E-state index in [4.69, 9.17) is 9.72 Å². The summed E-state index contributed by atoms with van der Waals surface area (Å²) in [5.41, 5.74) is 8.21. The molecule has 0 saturated heterocycles. The van der Waals surface area contributed by atoms with Crippen LogP contribution in [0, 0.1) is 12.3 Å². The summed E-state index contributed by atoms with van der Waals surface area (Å²) >= 11 is 1.39. The van der Waals surface area contributed by atoms with Crippen molar-refractivity contribution in [3.05, 3.63) is 130 Å². The summed E-state index contributed by atoms with van der Waals surface area (Å²) in [6.07, 6.45) is 0.750. The number of anilines is 2. The number of carbonyl (C=O) groups excluding carboxylic acids is 2. The summed E-state index contributed by atoms with van der Waals surface area (Å²) in [7, 11) is 1.61. The van der Waals surface area contributed by atoms with Gasteiger partial charge in [0.2, 0.25) is 5.91 Å². The molecule has 2 bridgehead atoms. The van der Waals surface area contributed by atoms with E-state index in [0.717, 1.165) is 17.5 Å². The van der Waals surface area contributed by atoms with Crippen molar-refractivity contribution in [1.82, 2.24) is 4.98 Å². The standard InChI is InChI=1S/C36H31N3O3S/c1-21-15-16-24(18-31(21)42-3)37-33(40)23-10-8-9-22(17-23)30-20-43-35(38-30)39-34(41)36(2)19-29-25-11-4-6-13-27(25)32(36)28-14-7-5-12-26(28)29/h4-18,20,29,32H,19H2,1-3H3,(H,37,40)(H,38,39,41). The van der Waals surface area contributed by atoms with E-state index in [1.165, 1.54) is 33.6 Å². The highest BCUT2D eigenvalue weighted by atomic mass is 32.1. The molecule has 2 N–H and O–H groups in total. The minimum Gasteiger partial charge on any atom is -0.496 e. The van der Waals surface area contributed by atoms with E-state index in [2.05, 4.69) is 66.1 Å². The zero-order valence-electron chi connectivity index (χ0n) is 24.2. The van der Waals surface area contributed by atoms with Crippen molar-refractivity contribution in [3.63, 3.8) is 0 Å². The van der Waals surface area contributed by atoms with Gasteiger partial charge in [-0.25, -0.2) is 4.98 Å². The van der Waals surface area contributed by atoms with Gasteiger partial charge in [-0.1, -0.05) is 66.7 Å². The highest BCUT2D eigenvalue weighted by Crippen LogP contribution is 2.61. The van der Waals surface area contributed by atoms with Crippen molar-refractivity contribution in [1.29, 1.82) is 0 Å². The van der Waals surface area contributed by atoms with Gasteiger partial charge in [0.25, 0.3) is 5.91 Å². The van der Waals surface area contributed by atoms with Crippen molar-refractivity contribution in [2.75, 3.05) is 17.7 Å². The highest BCUT2D eigenvalue weighted by Gasteiger charge is 2.54. The van der Waals surface area contributed by atoms with Crippen molar-refractivity contribution >= 4 is 34.0 Å². The number of amides is 2. The number of hydrogen-bond donors (Lipinski definition) is 2. The maximum absolute atomic E-state index is 14.0. The van der Waals surface area contributed by atoms with Crippen LogP contribution in [0.1, 0.15) is 63.4 Å². The van der Waals surface area contributed by atoms with Crippen LogP contribution in [0.2, 0.25) is 0 Å². The Labute approximate surface area is 254 Å². The van der Waals surface area contributed by atoms with Gasteiger partial charge in [0, 0.05) is 40.1 Å². The number of ether oxygens (including phenoxy) is 1. The quantitative estimate of drug-likeness (QED) is 0.212. The lowest BCUT2D eigenvalue weighted by Gasteiger charge is -2.50. The largest absolute Gasteiger partial charge is 0.496 e. The molecule has 8 rings (SSSR count). The minimum atomic E-state index is -0.615. The van der Waals surface area contributed by atoms with Gasteiger partial charge in [-0.15, -0.1) is 11.3 Å². The molecule has 5 aromatic rings. The lowest BCUT2D eigenvalue weighted by Crippen LogP contribution is -2.47. The van der Waals surface area contributed by atoms with Gasteiger partial charge in [-0.05, 0) is 66.3 Å². The minimum absolute atomic E-state index is 0.0194. The molecule has 0 spiro atoms. The zero-order valence-corrected chi connectivity index (χ0v) is 25.0. The second-order valence-corrected chi connectivity index (χ2v) is 12.4. The summed E-state index contributed by atoms with van der Waals surface area (Å²) in [5, 5.41) is 8.56. The summed E-state index contributed by atoms with van der Waals surface area (Å²) in [6, 6.07) is 30.0. The molecule has 43 heavy (non-hydrogen) atoms. The molecule has 214 valence electrons. The zero-order chi connectivity index (χ0) is 29.7. The van der Waals surface area contributed by atoms with Gasteiger partial charge in [0.05, 0.1) is 18.2 Å². The SMILES string of the molecule is COc1cc(NC(=O)c2cccc(-c3csc(NC(=O)C4(C)CC5c6ccccc6C4c4ccccc45)n3)c2)ccc1C. The molecule has 2 amide bonds. The second kappa shape index (κ2) is 10.5. The van der Waals surface area contributed by atoms with Crippen molar-refractivity contribution in [2.45, 2.75) is 32.1 Å². The Bertz CT molecular complexity index is 1850. The van der Waals surface area contributed by atoms with E-state index in [-0.39, 0.29) is 23.7 Å². The molecule has 0 fully saturated rings. The molecule has 3 aliphatic rings. The van der Waals surface area contributed by atoms with Crippen LogP contribution in [0.15, 0.2) is 96.4 Å². The van der Waals surface area contributed by atoms with E-state index < -0.39 is 5.41 Å². The Morgan fingerprint density at radius 3 is 2.28 bits per heavy atom. The average Bonchev–Trinajstić information content (AvgIpc) is 3.50. The molecule has 1 heterocycles. The number of aromatic nitrogens is 1. The first-order valence-corrected chi connectivity index (χ1v) is 15.2. The maximum Gasteiger partial charge on any atom is 0.255 e. The van der Waals surface area contributed by atoms with Crippen LogP contribution in [0.5, 0.6) is 5.75 Å². The van der Waals surface area contributed by atoms with Gasteiger partial charge in [0.1, 0.15) is 5.75 Å². The van der Waals surface area contributed by atoms with Crippen LogP contribution in [0.3, 0.4) is 0 Å². The third-order valence-electron chi connectivity index (χ3n) is 8.96. The fourth-order valence-corrected chi connectivity index (χ4v) is 7.53. The van der Waals surface area contributed by atoms with Gasteiger partial charge in [-0.2, -0.15) is 0 Å². The van der Waals surface area contributed by atoms with Gasteiger partial charge < -0.3 is 15.4 Å². The molecule has 1 atom stereocenters. The molecular weight excluding hydrogens is 554 g/mol. The number of nitrogens with one attached hydrogen (secondary N) is 2. The summed E-state index contributed by atoms with van der Waals surface area (Å²) in [5.74, 6) is 0.640. The molecule has 3 aliphatic carbocycles. The van der Waals surface area contributed by atoms with Crippen molar-refractivity contribution in [3.8, 4) is 17.0 Å². The molecule has 0 aliphatic heterocycles. The number of nitrogens with zero attached hydrogens (tertiary/aromatic N) is 1. The number of fused-ring (bicyclic) bond motifs is 1. The molecule has 1 unspecified atom stereocenters. The summed E-state index contributed by atoms with van der Waals surface area (Å²) in [4.78, 5) is 31.8. The van der Waals surface area contributed by atoms with Gasteiger partial charge in [-0.3, -0.25) is 9.59 Å². The Kier molecular flexibility index (Phi) is 6.62. The Morgan fingerprint density at radius 2 is 1.58 bits per heavy atom. The third kappa shape index (κ3) is 4.61. The molecule has 0 saturated carbocycles. The molecule has 0 radical (unpaired) electrons. The first-order valence-electron chi connectivity index (χ1n) is 14.4. The predicted octanol–water partition coefficient (Wildman–Crippen LogP) is 8.01. The average molecular weight is 586 g/mol. The van der Waals surface area contributed by atoms with E-state index in [9.17, 15) is 9.59 Å². The first-order chi connectivity index (χ1) is 20.9. The highest BCUT2D eigenvalue weighted by molar-refractivity contribution is 7.14. The Balaban J connectivity index is 1.11. The topological polar surface area (TPSA) is 80.3 Å². The molecule has 1 aromatic heterocycles. The predicted molar refractivity (Wildman–Crippen MR) is 171 cm³/mol. The molecule has 7 heteroatoms. The van der Waals surface area contributed by atoms with Crippen LogP contribution in [-0.4, -0.2) is 23.9 Å². The van der Waals surface area contributed by atoms with E-state index in [1.54, 1.807) is 13.2 Å². The van der Waals surface area contributed by atoms with E-state index in [1.807, 2.05) is 48.7 Å². The van der Waals surface area contributed by atoms with Crippen LogP contribution in [0.4, 0.5) is 10.8 Å². The Hall–Kier alpha value is -4.75. The van der Waals surface area contributed by atoms with Crippen molar-refractivity contribution < 1.29 is 14.3 Å². The molecule has 6 nitrogen and oxygen atoms in total. The number of rotatable bonds is 6. The summed E-state index contributed by atoms with van der Waals surface area (Å²) < 4.78 is 5.38. The second-order valence-electron chi connectivity index (χ2n) is 11.6. The lowest BCUT2D eigenvalue weighted by molar-refractivity contribution is -0.126.